The third kappa shape index (κ3) is 2.76. The van der Waals surface area contributed by atoms with E-state index in [1.54, 1.807) is 24.3 Å². The molecule has 4 rings (SSSR count). The largest absolute Gasteiger partial charge is 0.422 e. The standard InChI is InChI=1S/C20H14N2O3/c1-12-5-4-8-18(21-12)22-19(23)16-11-15-14-7-3-2-6-13(14)9-10-17(15)25-20(16)24/h2-11H,1H3,(H,21,22,23). The van der Waals surface area contributed by atoms with Crippen molar-refractivity contribution < 1.29 is 9.21 Å². The molecule has 5 nitrogen and oxygen atoms in total. The summed E-state index contributed by atoms with van der Waals surface area (Å²) in [4.78, 5) is 29.0. The molecular weight excluding hydrogens is 316 g/mol. The number of benzene rings is 2. The Hall–Kier alpha value is -3.47. The van der Waals surface area contributed by atoms with Gasteiger partial charge in [0.05, 0.1) is 0 Å². The van der Waals surface area contributed by atoms with Crippen LogP contribution in [0.3, 0.4) is 0 Å². The van der Waals surface area contributed by atoms with E-state index in [9.17, 15) is 9.59 Å². The molecule has 122 valence electrons. The number of amides is 1. The van der Waals surface area contributed by atoms with Crippen LogP contribution in [-0.2, 0) is 0 Å². The molecule has 5 heteroatoms. The second kappa shape index (κ2) is 5.87. The quantitative estimate of drug-likeness (QED) is 0.447. The Morgan fingerprint density at radius 2 is 1.84 bits per heavy atom. The number of nitrogens with one attached hydrogen (secondary N) is 1. The number of aryl methyl sites for hydroxylation is 1. The number of carbonyl (C=O) groups is 1. The number of anilines is 1. The Kier molecular flexibility index (Phi) is 3.54. The maximum Gasteiger partial charge on any atom is 0.349 e. The first-order valence-corrected chi connectivity index (χ1v) is 7.82. The van der Waals surface area contributed by atoms with E-state index in [1.807, 2.05) is 43.3 Å². The van der Waals surface area contributed by atoms with Crippen LogP contribution in [0.1, 0.15) is 16.1 Å². The highest BCUT2D eigenvalue weighted by atomic mass is 16.4. The van der Waals surface area contributed by atoms with Gasteiger partial charge in [0.15, 0.2) is 0 Å². The van der Waals surface area contributed by atoms with E-state index < -0.39 is 11.5 Å². The average molecular weight is 330 g/mol. The zero-order valence-corrected chi connectivity index (χ0v) is 13.4. The number of hydrogen-bond donors (Lipinski definition) is 1. The van der Waals surface area contributed by atoms with Crippen LogP contribution in [-0.4, -0.2) is 10.9 Å². The summed E-state index contributed by atoms with van der Waals surface area (Å²) in [5, 5.41) is 5.30. The fourth-order valence-corrected chi connectivity index (χ4v) is 2.83. The maximum absolute atomic E-state index is 12.5. The van der Waals surface area contributed by atoms with Crippen molar-refractivity contribution >= 4 is 33.5 Å². The third-order valence-corrected chi connectivity index (χ3v) is 4.02. The zero-order valence-electron chi connectivity index (χ0n) is 13.4. The molecule has 0 saturated heterocycles. The van der Waals surface area contributed by atoms with Gasteiger partial charge in [-0.15, -0.1) is 0 Å². The van der Waals surface area contributed by atoms with Gasteiger partial charge in [-0.05, 0) is 42.0 Å². The van der Waals surface area contributed by atoms with E-state index in [2.05, 4.69) is 10.3 Å². The molecule has 0 unspecified atom stereocenters. The lowest BCUT2D eigenvalue weighted by Gasteiger charge is -2.07. The van der Waals surface area contributed by atoms with Crippen LogP contribution >= 0.6 is 0 Å². The molecule has 1 N–H and O–H groups in total. The van der Waals surface area contributed by atoms with Gasteiger partial charge in [-0.25, -0.2) is 9.78 Å². The van der Waals surface area contributed by atoms with Crippen molar-refractivity contribution in [3.05, 3.63) is 82.3 Å². The predicted molar refractivity (Wildman–Crippen MR) is 96.9 cm³/mol. The van der Waals surface area contributed by atoms with Gasteiger partial charge in [0.2, 0.25) is 0 Å². The minimum absolute atomic E-state index is 0.0489. The number of rotatable bonds is 2. The molecule has 0 spiro atoms. The monoisotopic (exact) mass is 330 g/mol. The summed E-state index contributed by atoms with van der Waals surface area (Å²) in [6.45, 7) is 1.83. The summed E-state index contributed by atoms with van der Waals surface area (Å²) in [5.74, 6) is -0.149. The molecule has 0 bridgehead atoms. The molecule has 0 radical (unpaired) electrons. The van der Waals surface area contributed by atoms with Crippen LogP contribution in [0.15, 0.2) is 69.9 Å². The van der Waals surface area contributed by atoms with Crippen molar-refractivity contribution in [1.29, 1.82) is 0 Å². The summed E-state index contributed by atoms with van der Waals surface area (Å²) in [6.07, 6.45) is 0. The lowest BCUT2D eigenvalue weighted by molar-refractivity contribution is 0.102. The lowest BCUT2D eigenvalue weighted by atomic mass is 10.0. The van der Waals surface area contributed by atoms with Crippen molar-refractivity contribution in [3.8, 4) is 0 Å². The zero-order chi connectivity index (χ0) is 17.4. The molecule has 4 aromatic rings. The Bertz CT molecular complexity index is 1180. The van der Waals surface area contributed by atoms with Gasteiger partial charge in [0, 0.05) is 11.1 Å². The fourth-order valence-electron chi connectivity index (χ4n) is 2.83. The van der Waals surface area contributed by atoms with Gasteiger partial charge < -0.3 is 9.73 Å². The number of hydrogen-bond acceptors (Lipinski definition) is 4. The first-order valence-electron chi connectivity index (χ1n) is 7.82. The molecular formula is C20H14N2O3. The normalized spacial score (nSPS) is 10.9. The summed E-state index contributed by atoms with van der Waals surface area (Å²) in [6, 6.07) is 18.2. The first kappa shape index (κ1) is 15.1. The highest BCUT2D eigenvalue weighted by molar-refractivity contribution is 6.10. The van der Waals surface area contributed by atoms with Gasteiger partial charge in [0.1, 0.15) is 17.0 Å². The molecule has 1 amide bonds. The van der Waals surface area contributed by atoms with E-state index in [1.165, 1.54) is 0 Å². The summed E-state index contributed by atoms with van der Waals surface area (Å²) in [5.41, 5.74) is 0.503. The average Bonchev–Trinajstić information content (AvgIpc) is 2.61. The molecule has 0 saturated carbocycles. The van der Waals surface area contributed by atoms with E-state index in [-0.39, 0.29) is 5.56 Å². The molecule has 25 heavy (non-hydrogen) atoms. The second-order valence-electron chi connectivity index (χ2n) is 5.76. The van der Waals surface area contributed by atoms with Crippen LogP contribution in [0.4, 0.5) is 5.82 Å². The van der Waals surface area contributed by atoms with Crippen LogP contribution in [0.5, 0.6) is 0 Å². The SMILES string of the molecule is Cc1cccc(NC(=O)c2cc3c(ccc4ccccc43)oc2=O)n1. The molecule has 0 aliphatic carbocycles. The highest BCUT2D eigenvalue weighted by Crippen LogP contribution is 2.25. The lowest BCUT2D eigenvalue weighted by Crippen LogP contribution is -2.21. The third-order valence-electron chi connectivity index (χ3n) is 4.02. The van der Waals surface area contributed by atoms with Gasteiger partial charge in [-0.1, -0.05) is 36.4 Å². The highest BCUT2D eigenvalue weighted by Gasteiger charge is 2.15. The van der Waals surface area contributed by atoms with E-state index >= 15 is 0 Å². The number of aromatic nitrogens is 1. The number of nitrogens with zero attached hydrogens (tertiary/aromatic N) is 1. The topological polar surface area (TPSA) is 72.2 Å². The van der Waals surface area contributed by atoms with Crippen molar-refractivity contribution in [1.82, 2.24) is 4.98 Å². The van der Waals surface area contributed by atoms with Gasteiger partial charge >= 0.3 is 5.63 Å². The summed E-state index contributed by atoms with van der Waals surface area (Å²) in [7, 11) is 0. The smallest absolute Gasteiger partial charge is 0.349 e. The van der Waals surface area contributed by atoms with E-state index in [0.29, 0.717) is 11.4 Å². The molecule has 0 aliphatic heterocycles. The van der Waals surface area contributed by atoms with Gasteiger partial charge in [-0.2, -0.15) is 0 Å². The van der Waals surface area contributed by atoms with Gasteiger partial charge in [-0.3, -0.25) is 4.79 Å². The summed E-state index contributed by atoms with van der Waals surface area (Å²) < 4.78 is 5.35. The number of fused-ring (bicyclic) bond motifs is 3. The van der Waals surface area contributed by atoms with E-state index in [4.69, 9.17) is 4.42 Å². The second-order valence-corrected chi connectivity index (χ2v) is 5.76. The Morgan fingerprint density at radius 3 is 2.68 bits per heavy atom. The molecule has 0 atom stereocenters. The maximum atomic E-state index is 12.5. The van der Waals surface area contributed by atoms with Crippen LogP contribution in [0, 0.1) is 6.92 Å². The Balaban J connectivity index is 1.83. The van der Waals surface area contributed by atoms with Crippen LogP contribution in [0.25, 0.3) is 21.7 Å². The Labute approximate surface area is 142 Å². The summed E-state index contributed by atoms with van der Waals surface area (Å²) >= 11 is 0. The molecule has 2 heterocycles. The first-order chi connectivity index (χ1) is 12.1. The molecule has 0 fully saturated rings. The van der Waals surface area contributed by atoms with Crippen molar-refractivity contribution in [2.24, 2.45) is 0 Å². The number of pyridine rings is 1. The van der Waals surface area contributed by atoms with Crippen LogP contribution < -0.4 is 10.9 Å². The molecule has 2 aromatic heterocycles. The minimum Gasteiger partial charge on any atom is -0.422 e. The Morgan fingerprint density at radius 1 is 1.00 bits per heavy atom. The van der Waals surface area contributed by atoms with Crippen molar-refractivity contribution in [2.45, 2.75) is 6.92 Å². The van der Waals surface area contributed by atoms with Crippen LogP contribution in [0.2, 0.25) is 0 Å². The minimum atomic E-state index is -0.673. The number of carbonyl (C=O) groups excluding carboxylic acids is 1. The molecule has 2 aromatic carbocycles. The van der Waals surface area contributed by atoms with Gasteiger partial charge in [0.25, 0.3) is 5.91 Å². The van der Waals surface area contributed by atoms with E-state index in [0.717, 1.165) is 21.9 Å². The molecule has 0 aliphatic rings. The fraction of sp³-hybridized carbons (Fsp3) is 0.0500. The predicted octanol–water partition coefficient (Wildman–Crippen LogP) is 3.90. The van der Waals surface area contributed by atoms with Crippen molar-refractivity contribution in [2.75, 3.05) is 5.32 Å². The van der Waals surface area contributed by atoms with Crippen molar-refractivity contribution in [3.63, 3.8) is 0 Å².